The minimum absolute atomic E-state index is 0.00770. The highest BCUT2D eigenvalue weighted by atomic mass is 19.1. The Labute approximate surface area is 259 Å². The standard InChI is InChI=1S/C31H36FN5O8/c1-19(2)28(35-31(43)45-17-21-10-6-4-7-11-21)30(42)33-20(3)29(41)34-24(15-27(39)40)25(38)18-44-26-14-22(16-32)36-37(26)23-12-8-5-9-13-23/h4-14,19-20,24,28H,15-18H2,1-3H3,(H,33,42)(H,34,41)(H,35,43)(H,39,40)/t20-,24-,28-/m0/s1. The summed E-state index contributed by atoms with van der Waals surface area (Å²) in [5.41, 5.74) is 1.35. The minimum Gasteiger partial charge on any atom is -0.481 e. The first-order valence-electron chi connectivity index (χ1n) is 14.1. The molecule has 0 fully saturated rings. The van der Waals surface area contributed by atoms with Crippen molar-refractivity contribution >= 4 is 29.7 Å². The summed E-state index contributed by atoms with van der Waals surface area (Å²) in [7, 11) is 0. The number of carboxylic acids is 1. The second-order valence-corrected chi connectivity index (χ2v) is 10.4. The van der Waals surface area contributed by atoms with Gasteiger partial charge in [-0.2, -0.15) is 5.10 Å². The van der Waals surface area contributed by atoms with E-state index in [1.54, 1.807) is 68.4 Å². The lowest BCUT2D eigenvalue weighted by Crippen LogP contribution is -2.56. The van der Waals surface area contributed by atoms with Crippen molar-refractivity contribution in [2.45, 2.75) is 58.6 Å². The molecule has 1 heterocycles. The molecule has 0 aliphatic heterocycles. The van der Waals surface area contributed by atoms with Gasteiger partial charge in [-0.15, -0.1) is 0 Å². The highest BCUT2D eigenvalue weighted by Crippen LogP contribution is 2.20. The molecule has 0 radical (unpaired) electrons. The number of aromatic nitrogens is 2. The average Bonchev–Trinajstić information content (AvgIpc) is 3.45. The zero-order valence-corrected chi connectivity index (χ0v) is 25.1. The van der Waals surface area contributed by atoms with Crippen LogP contribution in [0, 0.1) is 5.92 Å². The van der Waals surface area contributed by atoms with Crippen LogP contribution in [0.2, 0.25) is 0 Å². The second-order valence-electron chi connectivity index (χ2n) is 10.4. The van der Waals surface area contributed by atoms with Crippen LogP contribution in [-0.4, -0.2) is 69.3 Å². The predicted molar refractivity (Wildman–Crippen MR) is 159 cm³/mol. The normalized spacial score (nSPS) is 12.8. The highest BCUT2D eigenvalue weighted by Gasteiger charge is 2.30. The Hall–Kier alpha value is -5.27. The van der Waals surface area contributed by atoms with Gasteiger partial charge in [-0.25, -0.2) is 13.9 Å². The van der Waals surface area contributed by atoms with E-state index in [1.165, 1.54) is 17.7 Å². The Kier molecular flexibility index (Phi) is 12.6. The number of amides is 3. The van der Waals surface area contributed by atoms with Gasteiger partial charge >= 0.3 is 12.1 Å². The van der Waals surface area contributed by atoms with Crippen molar-refractivity contribution in [3.8, 4) is 11.6 Å². The zero-order valence-electron chi connectivity index (χ0n) is 25.1. The first-order chi connectivity index (χ1) is 21.5. The Morgan fingerprint density at radius 2 is 1.56 bits per heavy atom. The molecular weight excluding hydrogens is 589 g/mol. The topological polar surface area (TPSA) is 178 Å². The maximum atomic E-state index is 13.3. The molecule has 0 aliphatic rings. The Morgan fingerprint density at radius 3 is 2.16 bits per heavy atom. The van der Waals surface area contributed by atoms with Gasteiger partial charge in [-0.3, -0.25) is 19.2 Å². The number of carbonyl (C=O) groups is 5. The summed E-state index contributed by atoms with van der Waals surface area (Å²) < 4.78 is 25.3. The van der Waals surface area contributed by atoms with Crippen LogP contribution in [0.4, 0.5) is 9.18 Å². The Morgan fingerprint density at radius 1 is 0.911 bits per heavy atom. The molecule has 3 aromatic rings. The number of hydrogen-bond acceptors (Lipinski definition) is 8. The number of rotatable bonds is 16. The summed E-state index contributed by atoms with van der Waals surface area (Å²) in [6, 6.07) is 15.1. The van der Waals surface area contributed by atoms with Crippen molar-refractivity contribution in [1.29, 1.82) is 0 Å². The monoisotopic (exact) mass is 625 g/mol. The number of benzene rings is 2. The van der Waals surface area contributed by atoms with Crippen molar-refractivity contribution in [3.63, 3.8) is 0 Å². The SMILES string of the molecule is CC(C)[C@H](NC(=O)OCc1ccccc1)C(=O)N[C@@H](C)C(=O)N[C@@H](CC(=O)O)C(=O)COc1cc(CF)nn1-c1ccccc1. The van der Waals surface area contributed by atoms with Crippen LogP contribution in [0.25, 0.3) is 5.69 Å². The fraction of sp³-hybridized carbons (Fsp3) is 0.355. The number of nitrogens with zero attached hydrogens (tertiary/aromatic N) is 2. The van der Waals surface area contributed by atoms with E-state index in [0.717, 1.165) is 5.56 Å². The molecule has 0 unspecified atom stereocenters. The fourth-order valence-electron chi connectivity index (χ4n) is 4.09. The summed E-state index contributed by atoms with van der Waals surface area (Å²) in [5.74, 6) is -4.02. The fourth-order valence-corrected chi connectivity index (χ4v) is 4.09. The number of para-hydroxylation sites is 1. The van der Waals surface area contributed by atoms with Gasteiger partial charge in [0.1, 0.15) is 31.4 Å². The first-order valence-corrected chi connectivity index (χ1v) is 14.1. The lowest BCUT2D eigenvalue weighted by atomic mass is 10.0. The van der Waals surface area contributed by atoms with Crippen LogP contribution >= 0.6 is 0 Å². The molecule has 14 heteroatoms. The van der Waals surface area contributed by atoms with E-state index in [4.69, 9.17) is 9.47 Å². The van der Waals surface area contributed by atoms with Crippen LogP contribution in [0.3, 0.4) is 0 Å². The largest absolute Gasteiger partial charge is 0.481 e. The maximum Gasteiger partial charge on any atom is 0.408 e. The third-order valence-electron chi connectivity index (χ3n) is 6.50. The summed E-state index contributed by atoms with van der Waals surface area (Å²) >= 11 is 0. The van der Waals surface area contributed by atoms with Crippen molar-refractivity contribution in [2.24, 2.45) is 5.92 Å². The van der Waals surface area contributed by atoms with Crippen LogP contribution in [0.5, 0.6) is 5.88 Å². The molecular formula is C31H36FN5O8. The van der Waals surface area contributed by atoms with Gasteiger partial charge in [-0.05, 0) is 30.5 Å². The summed E-state index contributed by atoms with van der Waals surface area (Å²) in [6.45, 7) is 3.17. The third kappa shape index (κ3) is 10.4. The molecule has 0 saturated carbocycles. The van der Waals surface area contributed by atoms with Gasteiger partial charge in [-0.1, -0.05) is 62.4 Å². The number of nitrogens with one attached hydrogen (secondary N) is 3. The highest BCUT2D eigenvalue weighted by molar-refractivity contribution is 5.96. The molecule has 3 amide bonds. The summed E-state index contributed by atoms with van der Waals surface area (Å²) in [5, 5.41) is 20.8. The van der Waals surface area contributed by atoms with E-state index >= 15 is 0 Å². The molecule has 0 spiro atoms. The molecule has 3 rings (SSSR count). The van der Waals surface area contributed by atoms with Gasteiger partial charge < -0.3 is 30.5 Å². The smallest absolute Gasteiger partial charge is 0.408 e. The van der Waals surface area contributed by atoms with Crippen molar-refractivity contribution in [1.82, 2.24) is 25.7 Å². The van der Waals surface area contributed by atoms with Gasteiger partial charge in [0.05, 0.1) is 17.8 Å². The van der Waals surface area contributed by atoms with Gasteiger partial charge in [0.15, 0.2) is 12.4 Å². The Bertz CT molecular complexity index is 1470. The molecule has 3 atom stereocenters. The summed E-state index contributed by atoms with van der Waals surface area (Å²) in [6.07, 6.45) is -1.59. The first kappa shape index (κ1) is 34.2. The number of hydrogen-bond donors (Lipinski definition) is 4. The molecule has 0 saturated heterocycles. The van der Waals surface area contributed by atoms with Crippen LogP contribution in [0.15, 0.2) is 66.7 Å². The number of Topliss-reactive ketones (excluding diaryl/α,β-unsaturated/α-hetero) is 1. The number of alkyl halides is 1. The van der Waals surface area contributed by atoms with E-state index in [0.29, 0.717) is 5.69 Å². The molecule has 0 bridgehead atoms. The van der Waals surface area contributed by atoms with Crippen LogP contribution in [0.1, 0.15) is 38.4 Å². The van der Waals surface area contributed by atoms with E-state index in [9.17, 15) is 33.5 Å². The van der Waals surface area contributed by atoms with Crippen molar-refractivity contribution in [3.05, 3.63) is 78.0 Å². The second kappa shape index (κ2) is 16.5. The number of carbonyl (C=O) groups excluding carboxylic acids is 4. The van der Waals surface area contributed by atoms with Crippen LogP contribution < -0.4 is 20.7 Å². The Balaban J connectivity index is 1.59. The molecule has 0 aliphatic carbocycles. The number of aliphatic carboxylic acids is 1. The van der Waals surface area contributed by atoms with Crippen LogP contribution in [-0.2, 0) is 37.2 Å². The van der Waals surface area contributed by atoms with E-state index in [-0.39, 0.29) is 24.1 Å². The van der Waals surface area contributed by atoms with E-state index in [1.807, 2.05) is 6.07 Å². The maximum absolute atomic E-state index is 13.3. The quantitative estimate of drug-likeness (QED) is 0.186. The number of ketones is 1. The molecule has 2 aromatic carbocycles. The van der Waals surface area contributed by atoms with E-state index in [2.05, 4.69) is 21.0 Å². The molecule has 1 aromatic heterocycles. The number of alkyl carbamates (subject to hydrolysis) is 1. The molecule has 240 valence electrons. The molecule has 45 heavy (non-hydrogen) atoms. The zero-order chi connectivity index (χ0) is 32.9. The van der Waals surface area contributed by atoms with Crippen molar-refractivity contribution < 1.29 is 42.9 Å². The van der Waals surface area contributed by atoms with E-state index < -0.39 is 67.5 Å². The number of halogens is 1. The minimum atomic E-state index is -1.50. The third-order valence-corrected chi connectivity index (χ3v) is 6.50. The number of ether oxygens (including phenoxy) is 2. The average molecular weight is 626 g/mol. The predicted octanol–water partition coefficient (Wildman–Crippen LogP) is 2.70. The number of carboxylic acid groups (broad SMARTS) is 1. The lowest BCUT2D eigenvalue weighted by molar-refractivity contribution is -0.141. The van der Waals surface area contributed by atoms with Crippen molar-refractivity contribution in [2.75, 3.05) is 6.61 Å². The molecule has 4 N–H and O–H groups in total. The van der Waals surface area contributed by atoms with Gasteiger partial charge in [0.2, 0.25) is 17.7 Å². The molecule has 13 nitrogen and oxygen atoms in total. The van der Waals surface area contributed by atoms with Gasteiger partial charge in [0, 0.05) is 6.07 Å². The summed E-state index contributed by atoms with van der Waals surface area (Å²) in [4.78, 5) is 62.7. The lowest BCUT2D eigenvalue weighted by Gasteiger charge is -2.24. The van der Waals surface area contributed by atoms with Gasteiger partial charge in [0.25, 0.3) is 0 Å².